The van der Waals surface area contributed by atoms with Gasteiger partial charge in [0.25, 0.3) is 0 Å². The number of phenols is 1. The number of amides is 1. The molecule has 2 rings (SSSR count). The van der Waals surface area contributed by atoms with E-state index in [4.69, 9.17) is 10.5 Å². The van der Waals surface area contributed by atoms with Crippen LogP contribution in [0.2, 0.25) is 0 Å². The van der Waals surface area contributed by atoms with Crippen molar-refractivity contribution in [3.05, 3.63) is 29.8 Å². The van der Waals surface area contributed by atoms with Gasteiger partial charge in [0.1, 0.15) is 12.4 Å². The average Bonchev–Trinajstić information content (AvgIpc) is 2.36. The molecule has 0 radical (unpaired) electrons. The molecule has 0 saturated carbocycles. The molecule has 0 aliphatic carbocycles. The average molecular weight is 250 g/mol. The molecule has 1 heterocycles. The van der Waals surface area contributed by atoms with E-state index < -0.39 is 0 Å². The molecule has 98 valence electrons. The lowest BCUT2D eigenvalue weighted by Gasteiger charge is -2.35. The van der Waals surface area contributed by atoms with Gasteiger partial charge in [0.2, 0.25) is 5.91 Å². The molecule has 5 nitrogen and oxygen atoms in total. The van der Waals surface area contributed by atoms with Crippen LogP contribution in [0.1, 0.15) is 12.0 Å². The number of hydrogen-bond acceptors (Lipinski definition) is 4. The van der Waals surface area contributed by atoms with Gasteiger partial charge in [-0.3, -0.25) is 4.79 Å². The number of morpholine rings is 1. The molecule has 1 fully saturated rings. The van der Waals surface area contributed by atoms with Crippen molar-refractivity contribution >= 4 is 5.91 Å². The molecule has 1 amide bonds. The Hall–Kier alpha value is -1.59. The van der Waals surface area contributed by atoms with Crippen LogP contribution >= 0.6 is 0 Å². The second-order valence-electron chi connectivity index (χ2n) is 4.40. The van der Waals surface area contributed by atoms with E-state index in [0.29, 0.717) is 26.1 Å². The van der Waals surface area contributed by atoms with Crippen molar-refractivity contribution in [1.82, 2.24) is 4.90 Å². The highest BCUT2D eigenvalue weighted by Crippen LogP contribution is 2.21. The van der Waals surface area contributed by atoms with E-state index in [1.807, 2.05) is 12.1 Å². The molecule has 0 spiro atoms. The monoisotopic (exact) mass is 250 g/mol. The van der Waals surface area contributed by atoms with Crippen LogP contribution in [0, 0.1) is 0 Å². The topological polar surface area (TPSA) is 75.8 Å². The molecular weight excluding hydrogens is 232 g/mol. The number of benzene rings is 1. The SMILES string of the molecule is NCCC1COCC(=O)N1Cc1ccccc1O. The van der Waals surface area contributed by atoms with Gasteiger partial charge in [-0.15, -0.1) is 0 Å². The summed E-state index contributed by atoms with van der Waals surface area (Å²) in [5.41, 5.74) is 6.29. The number of hydrogen-bond donors (Lipinski definition) is 2. The van der Waals surface area contributed by atoms with Gasteiger partial charge in [0, 0.05) is 12.1 Å². The molecule has 1 aromatic rings. The Morgan fingerprint density at radius 1 is 1.44 bits per heavy atom. The zero-order valence-electron chi connectivity index (χ0n) is 10.2. The third-order valence-corrected chi connectivity index (χ3v) is 3.13. The quantitative estimate of drug-likeness (QED) is 0.814. The van der Waals surface area contributed by atoms with Gasteiger partial charge in [0.05, 0.1) is 12.6 Å². The maximum absolute atomic E-state index is 11.9. The molecule has 1 aliphatic rings. The Bertz CT molecular complexity index is 420. The summed E-state index contributed by atoms with van der Waals surface area (Å²) in [6.45, 7) is 1.53. The second-order valence-corrected chi connectivity index (χ2v) is 4.40. The predicted octanol–water partition coefficient (Wildman–Crippen LogP) is 0.468. The lowest BCUT2D eigenvalue weighted by atomic mass is 10.1. The van der Waals surface area contributed by atoms with Gasteiger partial charge in [0.15, 0.2) is 0 Å². The third kappa shape index (κ3) is 2.80. The molecular formula is C13H18N2O3. The summed E-state index contributed by atoms with van der Waals surface area (Å²) in [5.74, 6) is 0.159. The van der Waals surface area contributed by atoms with Crippen molar-refractivity contribution in [3.63, 3.8) is 0 Å². The molecule has 1 saturated heterocycles. The fourth-order valence-corrected chi connectivity index (χ4v) is 2.14. The van der Waals surface area contributed by atoms with Crippen molar-refractivity contribution in [1.29, 1.82) is 0 Å². The van der Waals surface area contributed by atoms with Gasteiger partial charge in [-0.25, -0.2) is 0 Å². The third-order valence-electron chi connectivity index (χ3n) is 3.13. The number of para-hydroxylation sites is 1. The van der Waals surface area contributed by atoms with E-state index in [-0.39, 0.29) is 24.3 Å². The minimum Gasteiger partial charge on any atom is -0.508 e. The number of nitrogens with two attached hydrogens (primary N) is 1. The zero-order valence-corrected chi connectivity index (χ0v) is 10.2. The standard InChI is InChI=1S/C13H18N2O3/c14-6-5-11-8-18-9-13(17)15(11)7-10-3-1-2-4-12(10)16/h1-4,11,16H,5-9,14H2. The molecule has 1 atom stereocenters. The number of phenolic OH excluding ortho intramolecular Hbond substituents is 1. The van der Waals surface area contributed by atoms with E-state index in [9.17, 15) is 9.90 Å². The van der Waals surface area contributed by atoms with Gasteiger partial charge < -0.3 is 20.5 Å². The minimum absolute atomic E-state index is 0.00384. The Labute approximate surface area is 106 Å². The first kappa shape index (κ1) is 12.9. The van der Waals surface area contributed by atoms with E-state index in [2.05, 4.69) is 0 Å². The van der Waals surface area contributed by atoms with Crippen LogP contribution in [0.5, 0.6) is 5.75 Å². The molecule has 1 unspecified atom stereocenters. The van der Waals surface area contributed by atoms with Crippen molar-refractivity contribution < 1.29 is 14.6 Å². The Morgan fingerprint density at radius 2 is 2.22 bits per heavy atom. The van der Waals surface area contributed by atoms with Crippen LogP contribution in [0.3, 0.4) is 0 Å². The van der Waals surface area contributed by atoms with Crippen LogP contribution in [-0.4, -0.2) is 41.7 Å². The lowest BCUT2D eigenvalue weighted by Crippen LogP contribution is -2.49. The number of carbonyl (C=O) groups excluding carboxylic acids is 1. The summed E-state index contributed by atoms with van der Waals surface area (Å²) in [5, 5.41) is 9.75. The molecule has 1 aromatic carbocycles. The Morgan fingerprint density at radius 3 is 2.94 bits per heavy atom. The van der Waals surface area contributed by atoms with Crippen molar-refractivity contribution in [2.45, 2.75) is 19.0 Å². The number of nitrogens with zero attached hydrogens (tertiary/aromatic N) is 1. The second kappa shape index (κ2) is 5.84. The predicted molar refractivity (Wildman–Crippen MR) is 66.9 cm³/mol. The Kier molecular flexibility index (Phi) is 4.17. The van der Waals surface area contributed by atoms with Crippen LogP contribution in [0.15, 0.2) is 24.3 Å². The van der Waals surface area contributed by atoms with Crippen LogP contribution in [-0.2, 0) is 16.1 Å². The van der Waals surface area contributed by atoms with Crippen molar-refractivity contribution in [2.75, 3.05) is 19.8 Å². The number of ether oxygens (including phenoxy) is 1. The van der Waals surface area contributed by atoms with Crippen LogP contribution < -0.4 is 5.73 Å². The summed E-state index contributed by atoms with van der Waals surface area (Å²) >= 11 is 0. The molecule has 0 bridgehead atoms. The largest absolute Gasteiger partial charge is 0.508 e. The number of aromatic hydroxyl groups is 1. The number of carbonyl (C=O) groups is 1. The van der Waals surface area contributed by atoms with E-state index in [0.717, 1.165) is 5.56 Å². The van der Waals surface area contributed by atoms with E-state index in [1.54, 1.807) is 17.0 Å². The summed E-state index contributed by atoms with van der Waals surface area (Å²) < 4.78 is 5.24. The normalized spacial score (nSPS) is 20.2. The van der Waals surface area contributed by atoms with Gasteiger partial charge in [-0.05, 0) is 19.0 Å². The van der Waals surface area contributed by atoms with Gasteiger partial charge >= 0.3 is 0 Å². The molecule has 18 heavy (non-hydrogen) atoms. The Balaban J connectivity index is 2.13. The first-order chi connectivity index (χ1) is 8.72. The maximum atomic E-state index is 11.9. The van der Waals surface area contributed by atoms with Gasteiger partial charge in [-0.2, -0.15) is 0 Å². The highest BCUT2D eigenvalue weighted by molar-refractivity contribution is 5.78. The highest BCUT2D eigenvalue weighted by Gasteiger charge is 2.28. The molecule has 1 aliphatic heterocycles. The van der Waals surface area contributed by atoms with Gasteiger partial charge in [-0.1, -0.05) is 18.2 Å². The summed E-state index contributed by atoms with van der Waals surface area (Å²) in [4.78, 5) is 13.6. The zero-order chi connectivity index (χ0) is 13.0. The molecule has 3 N–H and O–H groups in total. The number of rotatable bonds is 4. The smallest absolute Gasteiger partial charge is 0.249 e. The maximum Gasteiger partial charge on any atom is 0.249 e. The fourth-order valence-electron chi connectivity index (χ4n) is 2.14. The van der Waals surface area contributed by atoms with Crippen molar-refractivity contribution in [3.8, 4) is 5.75 Å². The fraction of sp³-hybridized carbons (Fsp3) is 0.462. The highest BCUT2D eigenvalue weighted by atomic mass is 16.5. The first-order valence-electron chi connectivity index (χ1n) is 6.06. The molecule has 0 aromatic heterocycles. The van der Waals surface area contributed by atoms with E-state index >= 15 is 0 Å². The lowest BCUT2D eigenvalue weighted by molar-refractivity contribution is -0.149. The summed E-state index contributed by atoms with van der Waals surface area (Å²) in [6, 6.07) is 7.04. The van der Waals surface area contributed by atoms with Crippen LogP contribution in [0.4, 0.5) is 0 Å². The van der Waals surface area contributed by atoms with E-state index in [1.165, 1.54) is 0 Å². The summed E-state index contributed by atoms with van der Waals surface area (Å²) in [7, 11) is 0. The first-order valence-corrected chi connectivity index (χ1v) is 6.06. The summed E-state index contributed by atoms with van der Waals surface area (Å²) in [6.07, 6.45) is 0.708. The molecule has 5 heteroatoms. The van der Waals surface area contributed by atoms with Crippen molar-refractivity contribution in [2.24, 2.45) is 5.73 Å². The van der Waals surface area contributed by atoms with Crippen LogP contribution in [0.25, 0.3) is 0 Å². The minimum atomic E-state index is -0.0528.